The Hall–Kier alpha value is -2.60. The lowest BCUT2D eigenvalue weighted by Crippen LogP contribution is -2.23. The first-order valence-electron chi connectivity index (χ1n) is 6.41. The van der Waals surface area contributed by atoms with E-state index >= 15 is 0 Å². The van der Waals surface area contributed by atoms with Gasteiger partial charge in [-0.05, 0) is 42.5 Å². The molecule has 0 fully saturated rings. The summed E-state index contributed by atoms with van der Waals surface area (Å²) in [4.78, 5) is 23.9. The summed E-state index contributed by atoms with van der Waals surface area (Å²) in [5.41, 5.74) is 6.16. The van der Waals surface area contributed by atoms with Gasteiger partial charge in [0.1, 0.15) is 11.3 Å². The fourth-order valence-corrected chi connectivity index (χ4v) is 2.65. The molecule has 0 saturated carbocycles. The van der Waals surface area contributed by atoms with E-state index in [2.05, 4.69) is 15.9 Å². The molecule has 1 aromatic heterocycles. The zero-order chi connectivity index (χ0) is 15.9. The molecule has 5 nitrogen and oxygen atoms in total. The Balaban J connectivity index is 2.43. The highest BCUT2D eigenvalue weighted by Gasteiger charge is 2.14. The average Bonchev–Trinajstić information content (AvgIpc) is 2.48. The number of phenolic OH excluding ortho intramolecular Hbond substituents is 1. The van der Waals surface area contributed by atoms with Crippen molar-refractivity contribution in [1.29, 1.82) is 0 Å². The number of aromatic nitrogens is 1. The Morgan fingerprint density at radius 2 is 1.82 bits per heavy atom. The summed E-state index contributed by atoms with van der Waals surface area (Å²) in [6.07, 6.45) is 1.42. The number of nitrogens with two attached hydrogens (primary N) is 1. The SMILES string of the molecule is NC(=O)c1cn(-c2ccc(O)cc2)c2cc(Br)ccc2c1=O. The van der Waals surface area contributed by atoms with E-state index in [9.17, 15) is 14.7 Å². The van der Waals surface area contributed by atoms with Gasteiger partial charge in [0.2, 0.25) is 5.43 Å². The Kier molecular flexibility index (Phi) is 3.46. The highest BCUT2D eigenvalue weighted by Crippen LogP contribution is 2.22. The topological polar surface area (TPSA) is 85.3 Å². The minimum absolute atomic E-state index is 0.0807. The van der Waals surface area contributed by atoms with E-state index in [1.165, 1.54) is 18.3 Å². The number of benzene rings is 2. The minimum atomic E-state index is -0.776. The van der Waals surface area contributed by atoms with Crippen LogP contribution in [0.4, 0.5) is 0 Å². The number of hydrogen-bond donors (Lipinski definition) is 2. The smallest absolute Gasteiger partial charge is 0.254 e. The monoisotopic (exact) mass is 358 g/mol. The molecule has 3 aromatic rings. The molecule has 0 spiro atoms. The first-order chi connectivity index (χ1) is 10.5. The van der Waals surface area contributed by atoms with Gasteiger partial charge in [0.25, 0.3) is 5.91 Å². The van der Waals surface area contributed by atoms with Crippen molar-refractivity contribution in [2.45, 2.75) is 0 Å². The van der Waals surface area contributed by atoms with Crippen molar-refractivity contribution in [2.75, 3.05) is 0 Å². The van der Waals surface area contributed by atoms with Gasteiger partial charge in [0.15, 0.2) is 0 Å². The molecule has 0 aliphatic heterocycles. The molecule has 3 rings (SSSR count). The van der Waals surface area contributed by atoms with Crippen LogP contribution in [0.5, 0.6) is 5.75 Å². The number of primary amides is 1. The van der Waals surface area contributed by atoms with Crippen LogP contribution in [0.15, 0.2) is 57.9 Å². The lowest BCUT2D eigenvalue weighted by Gasteiger charge is -2.13. The van der Waals surface area contributed by atoms with E-state index in [4.69, 9.17) is 5.73 Å². The fraction of sp³-hybridized carbons (Fsp3) is 0. The van der Waals surface area contributed by atoms with Crippen molar-refractivity contribution < 1.29 is 9.90 Å². The predicted molar refractivity (Wildman–Crippen MR) is 87.4 cm³/mol. The quantitative estimate of drug-likeness (QED) is 0.738. The minimum Gasteiger partial charge on any atom is -0.508 e. The summed E-state index contributed by atoms with van der Waals surface area (Å²) in [7, 11) is 0. The number of nitrogens with zero attached hydrogens (tertiary/aromatic N) is 1. The number of fused-ring (bicyclic) bond motifs is 1. The number of aromatic hydroxyl groups is 1. The van der Waals surface area contributed by atoms with Crippen LogP contribution in [0.2, 0.25) is 0 Å². The van der Waals surface area contributed by atoms with Crippen LogP contribution in [-0.2, 0) is 0 Å². The van der Waals surface area contributed by atoms with Gasteiger partial charge in [-0.3, -0.25) is 9.59 Å². The molecule has 1 heterocycles. The van der Waals surface area contributed by atoms with Crippen LogP contribution in [0.1, 0.15) is 10.4 Å². The van der Waals surface area contributed by atoms with Crippen LogP contribution < -0.4 is 11.2 Å². The second-order valence-electron chi connectivity index (χ2n) is 4.78. The third-order valence-corrected chi connectivity index (χ3v) is 3.85. The molecule has 0 unspecified atom stereocenters. The van der Waals surface area contributed by atoms with Gasteiger partial charge in [-0.2, -0.15) is 0 Å². The van der Waals surface area contributed by atoms with Gasteiger partial charge in [-0.1, -0.05) is 15.9 Å². The molecule has 3 N–H and O–H groups in total. The molecule has 1 amide bonds. The molecule has 110 valence electrons. The molecule has 6 heteroatoms. The molecule has 22 heavy (non-hydrogen) atoms. The number of carbonyl (C=O) groups excluding carboxylic acids is 1. The zero-order valence-electron chi connectivity index (χ0n) is 11.3. The lowest BCUT2D eigenvalue weighted by atomic mass is 10.1. The number of amides is 1. The van der Waals surface area contributed by atoms with Crippen molar-refractivity contribution in [3.05, 3.63) is 68.9 Å². The summed E-state index contributed by atoms with van der Waals surface area (Å²) in [6, 6.07) is 11.6. The van der Waals surface area contributed by atoms with E-state index in [1.807, 2.05) is 0 Å². The van der Waals surface area contributed by atoms with Crippen molar-refractivity contribution in [1.82, 2.24) is 4.57 Å². The Bertz CT molecular complexity index is 946. The highest BCUT2D eigenvalue weighted by atomic mass is 79.9. The van der Waals surface area contributed by atoms with Crippen molar-refractivity contribution >= 4 is 32.7 Å². The van der Waals surface area contributed by atoms with Crippen LogP contribution >= 0.6 is 15.9 Å². The Labute approximate surface area is 133 Å². The van der Waals surface area contributed by atoms with Crippen molar-refractivity contribution in [2.24, 2.45) is 5.73 Å². The third kappa shape index (κ3) is 2.37. The summed E-state index contributed by atoms with van der Waals surface area (Å²) >= 11 is 3.38. The molecule has 0 radical (unpaired) electrons. The molecular formula is C16H11BrN2O3. The van der Waals surface area contributed by atoms with E-state index in [0.717, 1.165) is 4.47 Å². The van der Waals surface area contributed by atoms with E-state index in [0.29, 0.717) is 16.6 Å². The van der Waals surface area contributed by atoms with Crippen LogP contribution in [0.25, 0.3) is 16.6 Å². The van der Waals surface area contributed by atoms with Gasteiger partial charge in [0.05, 0.1) is 5.52 Å². The lowest BCUT2D eigenvalue weighted by molar-refractivity contribution is 0.0999. The number of rotatable bonds is 2. The zero-order valence-corrected chi connectivity index (χ0v) is 12.9. The van der Waals surface area contributed by atoms with Crippen molar-refractivity contribution in [3.8, 4) is 11.4 Å². The van der Waals surface area contributed by atoms with Gasteiger partial charge in [-0.15, -0.1) is 0 Å². The number of hydrogen-bond acceptors (Lipinski definition) is 3. The third-order valence-electron chi connectivity index (χ3n) is 3.36. The van der Waals surface area contributed by atoms with Crippen LogP contribution in [0, 0.1) is 0 Å². The predicted octanol–water partition coefficient (Wildman–Crippen LogP) is 2.56. The van der Waals surface area contributed by atoms with E-state index in [-0.39, 0.29) is 11.3 Å². The fourth-order valence-electron chi connectivity index (χ4n) is 2.30. The maximum Gasteiger partial charge on any atom is 0.254 e. The highest BCUT2D eigenvalue weighted by molar-refractivity contribution is 9.10. The van der Waals surface area contributed by atoms with E-state index in [1.54, 1.807) is 34.9 Å². The summed E-state index contributed by atoms with van der Waals surface area (Å²) in [6.45, 7) is 0. The second-order valence-corrected chi connectivity index (χ2v) is 5.70. The number of phenols is 1. The first kappa shape index (κ1) is 14.3. The number of halogens is 1. The van der Waals surface area contributed by atoms with Crippen LogP contribution in [0.3, 0.4) is 0 Å². The molecule has 2 aromatic carbocycles. The maximum atomic E-state index is 12.3. The molecule has 0 aliphatic carbocycles. The standard InChI is InChI=1S/C16H11BrN2O3/c17-9-1-6-12-14(7-9)19(8-13(15(12)21)16(18)22)10-2-4-11(20)5-3-10/h1-8,20H,(H2,18,22). The molecule has 0 atom stereocenters. The molecule has 0 aliphatic rings. The van der Waals surface area contributed by atoms with Gasteiger partial charge in [-0.25, -0.2) is 0 Å². The number of pyridine rings is 1. The average molecular weight is 359 g/mol. The van der Waals surface area contributed by atoms with Crippen molar-refractivity contribution in [3.63, 3.8) is 0 Å². The maximum absolute atomic E-state index is 12.3. The molecule has 0 bridgehead atoms. The normalized spacial score (nSPS) is 10.8. The van der Waals surface area contributed by atoms with E-state index < -0.39 is 11.3 Å². The van der Waals surface area contributed by atoms with Gasteiger partial charge >= 0.3 is 0 Å². The van der Waals surface area contributed by atoms with Gasteiger partial charge < -0.3 is 15.4 Å². The Morgan fingerprint density at radius 3 is 2.45 bits per heavy atom. The van der Waals surface area contributed by atoms with Gasteiger partial charge in [0, 0.05) is 21.7 Å². The molecular weight excluding hydrogens is 348 g/mol. The Morgan fingerprint density at radius 1 is 1.14 bits per heavy atom. The largest absolute Gasteiger partial charge is 0.508 e. The number of carbonyl (C=O) groups is 1. The summed E-state index contributed by atoms with van der Waals surface area (Å²) in [5, 5.41) is 9.80. The molecule has 0 saturated heterocycles. The second kappa shape index (κ2) is 5.31. The summed E-state index contributed by atoms with van der Waals surface area (Å²) < 4.78 is 2.50. The summed E-state index contributed by atoms with van der Waals surface area (Å²) in [5.74, 6) is -0.646. The first-order valence-corrected chi connectivity index (χ1v) is 7.21. The van der Waals surface area contributed by atoms with Crippen LogP contribution in [-0.4, -0.2) is 15.6 Å².